The van der Waals surface area contributed by atoms with E-state index in [-0.39, 0.29) is 11.1 Å². The molecule has 0 saturated carbocycles. The molecule has 2 heterocycles. The molecular formula is C20H19BrN2O3. The van der Waals surface area contributed by atoms with Gasteiger partial charge in [-0.2, -0.15) is 0 Å². The van der Waals surface area contributed by atoms with Crippen molar-refractivity contribution in [3.8, 4) is 5.75 Å². The second kappa shape index (κ2) is 5.58. The van der Waals surface area contributed by atoms with E-state index in [2.05, 4.69) is 53.7 Å². The summed E-state index contributed by atoms with van der Waals surface area (Å²) in [5, 5.41) is 11.2. The lowest BCUT2D eigenvalue weighted by Crippen LogP contribution is -2.59. The summed E-state index contributed by atoms with van der Waals surface area (Å²) in [4.78, 5) is 13.0. The first-order valence-electron chi connectivity index (χ1n) is 8.55. The summed E-state index contributed by atoms with van der Waals surface area (Å²) in [6, 6.07) is 11.4. The molecule has 1 spiro atoms. The zero-order chi connectivity index (χ0) is 18.7. The van der Waals surface area contributed by atoms with Crippen molar-refractivity contribution in [2.75, 3.05) is 11.4 Å². The number of halogens is 1. The number of para-hydroxylation sites is 1. The number of rotatable bonds is 2. The molecule has 1 atom stereocenters. The lowest BCUT2D eigenvalue weighted by Gasteiger charge is -2.47. The van der Waals surface area contributed by atoms with Crippen LogP contribution in [-0.4, -0.2) is 17.2 Å². The number of likely N-dealkylation sites (N-methyl/N-ethyl adjacent to an activating group) is 1. The Hall–Kier alpha value is -2.34. The number of anilines is 1. The van der Waals surface area contributed by atoms with E-state index >= 15 is 0 Å². The summed E-state index contributed by atoms with van der Waals surface area (Å²) in [5.41, 5.74) is 2.16. The van der Waals surface area contributed by atoms with Crippen LogP contribution in [0.1, 0.15) is 31.9 Å². The second-order valence-corrected chi connectivity index (χ2v) is 7.98. The van der Waals surface area contributed by atoms with E-state index in [0.29, 0.717) is 15.8 Å². The van der Waals surface area contributed by atoms with Gasteiger partial charge < -0.3 is 9.64 Å². The van der Waals surface area contributed by atoms with Crippen molar-refractivity contribution in [3.63, 3.8) is 0 Å². The van der Waals surface area contributed by atoms with Gasteiger partial charge in [-0.1, -0.05) is 18.2 Å². The van der Waals surface area contributed by atoms with E-state index in [0.717, 1.165) is 12.2 Å². The maximum Gasteiger partial charge on any atom is 0.271 e. The average molecular weight is 415 g/mol. The summed E-state index contributed by atoms with van der Waals surface area (Å²) in [6.07, 6.45) is 3.97. The third-order valence-corrected chi connectivity index (χ3v) is 6.08. The first-order valence-corrected chi connectivity index (χ1v) is 9.34. The average Bonchev–Trinajstić information content (AvgIpc) is 2.79. The highest BCUT2D eigenvalue weighted by Crippen LogP contribution is 2.55. The van der Waals surface area contributed by atoms with Gasteiger partial charge in [-0.25, -0.2) is 0 Å². The molecule has 2 aromatic carbocycles. The van der Waals surface area contributed by atoms with Crippen LogP contribution in [0.4, 0.5) is 11.4 Å². The highest BCUT2D eigenvalue weighted by molar-refractivity contribution is 9.10. The maximum atomic E-state index is 11.2. The molecule has 0 bridgehead atoms. The number of benzene rings is 2. The number of nitro benzene ring substituents is 1. The number of non-ortho nitro benzene ring substituents is 1. The normalized spacial score (nSPS) is 22.1. The number of ether oxygens (including phenoxy) is 1. The van der Waals surface area contributed by atoms with Crippen molar-refractivity contribution in [3.05, 3.63) is 68.2 Å². The van der Waals surface area contributed by atoms with Crippen molar-refractivity contribution >= 4 is 33.4 Å². The molecule has 0 radical (unpaired) electrons. The Morgan fingerprint density at radius 2 is 2.00 bits per heavy atom. The number of hydrogen-bond donors (Lipinski definition) is 0. The smallest absolute Gasteiger partial charge is 0.271 e. The Kier molecular flexibility index (Phi) is 3.67. The van der Waals surface area contributed by atoms with Gasteiger partial charge in [0, 0.05) is 29.9 Å². The van der Waals surface area contributed by atoms with E-state index in [1.807, 2.05) is 24.3 Å². The van der Waals surface area contributed by atoms with Gasteiger partial charge in [0.05, 0.1) is 14.8 Å². The van der Waals surface area contributed by atoms with Gasteiger partial charge in [0.1, 0.15) is 5.75 Å². The van der Waals surface area contributed by atoms with Crippen LogP contribution >= 0.6 is 15.9 Å². The molecular weight excluding hydrogens is 396 g/mol. The number of nitrogens with zero attached hydrogens (tertiary/aromatic N) is 2. The lowest BCUT2D eigenvalue weighted by atomic mass is 9.76. The molecule has 0 saturated heterocycles. The third-order valence-electron chi connectivity index (χ3n) is 5.50. The van der Waals surface area contributed by atoms with Crippen LogP contribution in [-0.2, 0) is 5.41 Å². The van der Waals surface area contributed by atoms with Gasteiger partial charge in [0.15, 0.2) is 0 Å². The first-order chi connectivity index (χ1) is 12.3. The van der Waals surface area contributed by atoms with Crippen molar-refractivity contribution < 1.29 is 9.66 Å². The predicted octanol–water partition coefficient (Wildman–Crippen LogP) is 5.28. The third kappa shape index (κ3) is 2.08. The number of fused-ring (bicyclic) bond motifs is 2. The molecule has 6 heteroatoms. The van der Waals surface area contributed by atoms with Gasteiger partial charge in [-0.05, 0) is 60.5 Å². The minimum absolute atomic E-state index is 0.0427. The van der Waals surface area contributed by atoms with Gasteiger partial charge in [0.2, 0.25) is 5.72 Å². The number of hydrogen-bond acceptors (Lipinski definition) is 4. The summed E-state index contributed by atoms with van der Waals surface area (Å²) in [5.74, 6) is 0.637. The van der Waals surface area contributed by atoms with E-state index in [4.69, 9.17) is 4.74 Å². The molecule has 2 aliphatic rings. The van der Waals surface area contributed by atoms with Crippen LogP contribution in [0.25, 0.3) is 6.08 Å². The summed E-state index contributed by atoms with van der Waals surface area (Å²) < 4.78 is 7.21. The van der Waals surface area contributed by atoms with Crippen LogP contribution in [0.5, 0.6) is 5.75 Å². The topological polar surface area (TPSA) is 55.6 Å². The molecule has 2 aromatic rings. The van der Waals surface area contributed by atoms with Gasteiger partial charge in [0.25, 0.3) is 5.69 Å². The number of nitro groups is 1. The Morgan fingerprint density at radius 3 is 2.69 bits per heavy atom. The standard InChI is InChI=1S/C20H19BrN2O3/c1-4-22-17-8-6-5-7-15(17)19(2,3)20(22)10-9-13-11-14(23(24)25)12-16(21)18(13)26-20/h5-12H,4H2,1-3H3. The predicted molar refractivity (Wildman–Crippen MR) is 106 cm³/mol. The van der Waals surface area contributed by atoms with Crippen LogP contribution < -0.4 is 9.64 Å². The SMILES string of the molecule is CCN1c2ccccc2C(C)(C)C12C=Cc1cc([N+](=O)[O-])cc(Br)c1O2. The molecule has 0 fully saturated rings. The first kappa shape index (κ1) is 17.1. The molecule has 0 N–H and O–H groups in total. The quantitative estimate of drug-likeness (QED) is 0.495. The molecule has 134 valence electrons. The fraction of sp³-hybridized carbons (Fsp3) is 0.300. The molecule has 2 aliphatic heterocycles. The fourth-order valence-corrected chi connectivity index (χ4v) is 4.71. The summed E-state index contributed by atoms with van der Waals surface area (Å²) in [6.45, 7) is 7.24. The van der Waals surface area contributed by atoms with Gasteiger partial charge in [-0.15, -0.1) is 0 Å². The fourth-order valence-electron chi connectivity index (χ4n) is 4.16. The van der Waals surface area contributed by atoms with Gasteiger partial charge >= 0.3 is 0 Å². The Bertz CT molecular complexity index is 954. The monoisotopic (exact) mass is 414 g/mol. The largest absolute Gasteiger partial charge is 0.462 e. The van der Waals surface area contributed by atoms with E-state index in [9.17, 15) is 10.1 Å². The van der Waals surface area contributed by atoms with Crippen LogP contribution in [0.15, 0.2) is 46.9 Å². The van der Waals surface area contributed by atoms with Crippen LogP contribution in [0.2, 0.25) is 0 Å². The van der Waals surface area contributed by atoms with Crippen molar-refractivity contribution in [1.29, 1.82) is 0 Å². The molecule has 26 heavy (non-hydrogen) atoms. The molecule has 0 aliphatic carbocycles. The zero-order valence-corrected chi connectivity index (χ0v) is 16.4. The van der Waals surface area contributed by atoms with Crippen molar-refractivity contribution in [1.82, 2.24) is 0 Å². The second-order valence-electron chi connectivity index (χ2n) is 7.12. The van der Waals surface area contributed by atoms with Crippen molar-refractivity contribution in [2.45, 2.75) is 31.9 Å². The summed E-state index contributed by atoms with van der Waals surface area (Å²) >= 11 is 3.46. The molecule has 0 aromatic heterocycles. The highest BCUT2D eigenvalue weighted by atomic mass is 79.9. The Labute approximate surface area is 160 Å². The summed E-state index contributed by atoms with van der Waals surface area (Å²) in [7, 11) is 0. The molecule has 0 amide bonds. The molecule has 5 nitrogen and oxygen atoms in total. The molecule has 1 unspecified atom stereocenters. The van der Waals surface area contributed by atoms with Gasteiger partial charge in [-0.3, -0.25) is 10.1 Å². The van der Waals surface area contributed by atoms with E-state index in [1.165, 1.54) is 11.6 Å². The minimum Gasteiger partial charge on any atom is -0.462 e. The van der Waals surface area contributed by atoms with E-state index < -0.39 is 10.6 Å². The minimum atomic E-state index is -0.683. The van der Waals surface area contributed by atoms with Crippen LogP contribution in [0, 0.1) is 10.1 Å². The highest BCUT2D eigenvalue weighted by Gasteiger charge is 2.58. The van der Waals surface area contributed by atoms with Crippen LogP contribution in [0.3, 0.4) is 0 Å². The molecule has 4 rings (SSSR count). The Morgan fingerprint density at radius 1 is 1.27 bits per heavy atom. The van der Waals surface area contributed by atoms with E-state index in [1.54, 1.807) is 6.07 Å². The zero-order valence-electron chi connectivity index (χ0n) is 14.8. The Balaban J connectivity index is 1.90. The van der Waals surface area contributed by atoms with Crippen molar-refractivity contribution in [2.24, 2.45) is 0 Å². The maximum absolute atomic E-state index is 11.2. The lowest BCUT2D eigenvalue weighted by molar-refractivity contribution is -0.385.